The molecule has 0 saturated heterocycles. The summed E-state index contributed by atoms with van der Waals surface area (Å²) in [6.07, 6.45) is 0. The maximum Gasteiger partial charge on any atom is 0.0474 e. The number of halogens is 1. The lowest BCUT2D eigenvalue weighted by molar-refractivity contribution is 0.318. The number of quaternary nitrogens is 1. The van der Waals surface area contributed by atoms with Gasteiger partial charge in [0.15, 0.2) is 0 Å². The van der Waals surface area contributed by atoms with Gasteiger partial charge in [0, 0.05) is 25.7 Å². The van der Waals surface area contributed by atoms with Crippen molar-refractivity contribution >= 4 is 11.6 Å². The number of aliphatic hydroxyl groups excluding tert-OH is 3. The van der Waals surface area contributed by atoms with Crippen molar-refractivity contribution in [2.75, 3.05) is 19.8 Å². The standard InChI is InChI=1S/C7H7Cl.3C2H6O.H3N/c8-6-7-4-2-1-3-5-7;3*1-2-3;/h1-5H,6H2;3*3H,2H2,1H3;1H3/p+1. The second-order valence-electron chi connectivity index (χ2n) is 2.57. The Kier molecular flexibility index (Phi) is 43.2. The summed E-state index contributed by atoms with van der Waals surface area (Å²) in [5, 5.41) is 22.7. The second-order valence-corrected chi connectivity index (χ2v) is 2.84. The van der Waals surface area contributed by atoms with Gasteiger partial charge in [0.05, 0.1) is 0 Å². The van der Waals surface area contributed by atoms with Gasteiger partial charge >= 0.3 is 0 Å². The maximum absolute atomic E-state index is 7.57. The molecule has 1 aromatic carbocycles. The molecule has 0 aliphatic heterocycles. The Morgan fingerprint density at radius 2 is 1.11 bits per heavy atom. The van der Waals surface area contributed by atoms with E-state index in [1.807, 2.05) is 30.3 Å². The fourth-order valence-corrected chi connectivity index (χ4v) is 0.745. The number of hydrogen-bond donors (Lipinski definition) is 4. The van der Waals surface area contributed by atoms with E-state index in [4.69, 9.17) is 26.9 Å². The lowest BCUT2D eigenvalue weighted by Gasteiger charge is -1.88. The third-order valence-corrected chi connectivity index (χ3v) is 1.31. The number of aliphatic hydroxyl groups is 3. The van der Waals surface area contributed by atoms with Crippen LogP contribution in [0, 0.1) is 0 Å². The van der Waals surface area contributed by atoms with Crippen LogP contribution in [0.1, 0.15) is 26.3 Å². The van der Waals surface area contributed by atoms with E-state index in [0.29, 0.717) is 5.88 Å². The van der Waals surface area contributed by atoms with Crippen LogP contribution in [0.15, 0.2) is 30.3 Å². The van der Waals surface area contributed by atoms with E-state index in [9.17, 15) is 0 Å². The topological polar surface area (TPSA) is 97.2 Å². The van der Waals surface area contributed by atoms with Crippen LogP contribution in [0.4, 0.5) is 0 Å². The molecule has 0 aliphatic rings. The average molecular weight is 283 g/mol. The van der Waals surface area contributed by atoms with Gasteiger partial charge < -0.3 is 21.5 Å². The summed E-state index contributed by atoms with van der Waals surface area (Å²) < 4.78 is 0. The van der Waals surface area contributed by atoms with Gasteiger partial charge in [-0.1, -0.05) is 30.3 Å². The molecule has 0 fully saturated rings. The van der Waals surface area contributed by atoms with Crippen molar-refractivity contribution in [3.05, 3.63) is 35.9 Å². The molecule has 0 atom stereocenters. The van der Waals surface area contributed by atoms with Crippen LogP contribution in [0.5, 0.6) is 0 Å². The minimum atomic E-state index is 0. The minimum Gasteiger partial charge on any atom is -0.397 e. The van der Waals surface area contributed by atoms with Gasteiger partial charge in [-0.05, 0) is 26.3 Å². The normalized spacial score (nSPS) is 7.06. The van der Waals surface area contributed by atoms with Crippen LogP contribution < -0.4 is 6.15 Å². The lowest BCUT2D eigenvalue weighted by Crippen LogP contribution is -1.71. The zero-order valence-corrected chi connectivity index (χ0v) is 12.7. The maximum atomic E-state index is 7.57. The van der Waals surface area contributed by atoms with Gasteiger partial charge in [0.25, 0.3) is 0 Å². The van der Waals surface area contributed by atoms with Crippen molar-refractivity contribution in [2.45, 2.75) is 26.7 Å². The largest absolute Gasteiger partial charge is 0.397 e. The Morgan fingerprint density at radius 1 is 0.833 bits per heavy atom. The van der Waals surface area contributed by atoms with Gasteiger partial charge in [-0.2, -0.15) is 0 Å². The summed E-state index contributed by atoms with van der Waals surface area (Å²) in [7, 11) is 0. The summed E-state index contributed by atoms with van der Waals surface area (Å²) >= 11 is 5.53. The molecule has 1 rings (SSSR count). The predicted molar refractivity (Wildman–Crippen MR) is 80.3 cm³/mol. The highest BCUT2D eigenvalue weighted by Gasteiger charge is 1.81. The smallest absolute Gasteiger partial charge is 0.0474 e. The first-order valence-electron chi connectivity index (χ1n) is 5.60. The molecule has 5 heteroatoms. The van der Waals surface area contributed by atoms with Gasteiger partial charge in [-0.25, -0.2) is 0 Å². The Morgan fingerprint density at radius 3 is 1.28 bits per heavy atom. The second kappa shape index (κ2) is 29.9. The molecule has 18 heavy (non-hydrogen) atoms. The molecule has 4 nitrogen and oxygen atoms in total. The molecule has 0 amide bonds. The van der Waals surface area contributed by atoms with Crippen molar-refractivity contribution in [3.8, 4) is 0 Å². The highest BCUT2D eigenvalue weighted by molar-refractivity contribution is 6.17. The van der Waals surface area contributed by atoms with Gasteiger partial charge in [0.1, 0.15) is 0 Å². The third-order valence-electron chi connectivity index (χ3n) is 0.997. The Hall–Kier alpha value is -0.650. The first kappa shape index (κ1) is 26.0. The molecule has 1 aromatic rings. The fourth-order valence-electron chi connectivity index (χ4n) is 0.567. The Labute approximate surface area is 116 Å². The summed E-state index contributed by atoms with van der Waals surface area (Å²) in [4.78, 5) is 0. The first-order valence-corrected chi connectivity index (χ1v) is 6.14. The molecule has 7 N–H and O–H groups in total. The molecule has 0 aliphatic carbocycles. The molecular formula is C13H29ClNO3+. The van der Waals surface area contributed by atoms with Crippen molar-refractivity contribution in [1.29, 1.82) is 0 Å². The predicted octanol–water partition coefficient (Wildman–Crippen LogP) is 2.80. The van der Waals surface area contributed by atoms with Crippen molar-refractivity contribution in [3.63, 3.8) is 0 Å². The van der Waals surface area contributed by atoms with Crippen LogP contribution in [-0.2, 0) is 5.88 Å². The van der Waals surface area contributed by atoms with Crippen molar-refractivity contribution < 1.29 is 15.3 Å². The number of hydrogen-bond acceptors (Lipinski definition) is 3. The molecule has 0 radical (unpaired) electrons. The lowest BCUT2D eigenvalue weighted by atomic mass is 10.2. The summed E-state index contributed by atoms with van der Waals surface area (Å²) in [5.41, 5.74) is 1.18. The van der Waals surface area contributed by atoms with Crippen LogP contribution in [0.2, 0.25) is 0 Å². The van der Waals surface area contributed by atoms with E-state index >= 15 is 0 Å². The quantitative estimate of drug-likeness (QED) is 0.596. The minimum absolute atomic E-state index is 0. The van der Waals surface area contributed by atoms with E-state index in [-0.39, 0.29) is 26.0 Å². The van der Waals surface area contributed by atoms with E-state index in [1.54, 1.807) is 20.8 Å². The SMILES string of the molecule is CCO.CCO.CCO.ClCc1ccccc1.[NH4+]. The van der Waals surface area contributed by atoms with Crippen LogP contribution in [0.25, 0.3) is 0 Å². The van der Waals surface area contributed by atoms with E-state index in [0.717, 1.165) is 0 Å². The van der Waals surface area contributed by atoms with Crippen LogP contribution in [0.3, 0.4) is 0 Å². The molecule has 110 valence electrons. The first-order chi connectivity index (χ1) is 8.17. The monoisotopic (exact) mass is 282 g/mol. The third kappa shape index (κ3) is 36.2. The van der Waals surface area contributed by atoms with E-state index in [1.165, 1.54) is 5.56 Å². The summed E-state index contributed by atoms with van der Waals surface area (Å²) in [5.74, 6) is 0.612. The number of alkyl halides is 1. The van der Waals surface area contributed by atoms with Crippen LogP contribution in [-0.4, -0.2) is 35.1 Å². The van der Waals surface area contributed by atoms with Crippen molar-refractivity contribution in [2.24, 2.45) is 0 Å². The Bertz CT molecular complexity index is 194. The molecular weight excluding hydrogens is 254 g/mol. The number of rotatable bonds is 1. The van der Waals surface area contributed by atoms with E-state index in [2.05, 4.69) is 0 Å². The van der Waals surface area contributed by atoms with Gasteiger partial charge in [-0.3, -0.25) is 0 Å². The molecule has 0 spiro atoms. The molecule has 0 bridgehead atoms. The van der Waals surface area contributed by atoms with Gasteiger partial charge in [-0.15, -0.1) is 11.6 Å². The van der Waals surface area contributed by atoms with E-state index < -0.39 is 0 Å². The Balaban J connectivity index is -0.0000000840. The van der Waals surface area contributed by atoms with Crippen molar-refractivity contribution in [1.82, 2.24) is 6.15 Å². The van der Waals surface area contributed by atoms with Crippen LogP contribution >= 0.6 is 11.6 Å². The fraction of sp³-hybridized carbons (Fsp3) is 0.538. The zero-order valence-electron chi connectivity index (χ0n) is 11.9. The van der Waals surface area contributed by atoms with Gasteiger partial charge in [0.2, 0.25) is 0 Å². The average Bonchev–Trinajstić information content (AvgIpc) is 2.33. The molecule has 0 saturated carbocycles. The highest BCUT2D eigenvalue weighted by Crippen LogP contribution is 2.00. The molecule has 0 heterocycles. The molecule has 0 aromatic heterocycles. The highest BCUT2D eigenvalue weighted by atomic mass is 35.5. The summed E-state index contributed by atoms with van der Waals surface area (Å²) in [6.45, 7) is 5.79. The number of benzene rings is 1. The summed E-state index contributed by atoms with van der Waals surface area (Å²) in [6, 6.07) is 9.96. The molecule has 0 unspecified atom stereocenters. The zero-order chi connectivity index (χ0) is 13.9.